The molecular weight excluding hydrogens is 637 g/mol. The molecule has 8 nitrogen and oxygen atoms in total. The van der Waals surface area contributed by atoms with Crippen LogP contribution in [0.1, 0.15) is 194 Å². The van der Waals surface area contributed by atoms with Crippen LogP contribution in [0.25, 0.3) is 0 Å². The maximum Gasteiger partial charge on any atom is 0.306 e. The molecule has 0 rings (SSSR count). The summed E-state index contributed by atoms with van der Waals surface area (Å²) in [6, 6.07) is 0. The molecule has 292 valence electrons. The summed E-state index contributed by atoms with van der Waals surface area (Å²) in [6.45, 7) is 4.37. The minimum atomic E-state index is -4.13. The minimum absolute atomic E-state index is 0.116. The summed E-state index contributed by atoms with van der Waals surface area (Å²) in [5.41, 5.74) is 0. The Kier molecular flexibility index (Phi) is 32.3. The first-order chi connectivity index (χ1) is 23.5. The molecule has 0 N–H and O–H groups in total. The van der Waals surface area contributed by atoms with Crippen molar-refractivity contribution in [3.63, 3.8) is 0 Å². The van der Waals surface area contributed by atoms with Gasteiger partial charge >= 0.3 is 11.9 Å². The topological polar surface area (TPSA) is 102 Å². The van der Waals surface area contributed by atoms with Crippen LogP contribution in [0.4, 0.5) is 0 Å². The van der Waals surface area contributed by atoms with Gasteiger partial charge in [-0.2, -0.15) is 0 Å². The highest BCUT2D eigenvalue weighted by Crippen LogP contribution is 2.37. The van der Waals surface area contributed by atoms with Gasteiger partial charge in [0.1, 0.15) is 14.2 Å². The number of rotatable bonds is 37. The molecule has 0 fully saturated rings. The molecule has 0 bridgehead atoms. The third-order valence-electron chi connectivity index (χ3n) is 9.20. The van der Waals surface area contributed by atoms with E-state index in [1.54, 1.807) is 0 Å². The molecule has 0 radical (unpaired) electrons. The lowest BCUT2D eigenvalue weighted by Crippen LogP contribution is -2.38. The molecule has 0 saturated heterocycles. The number of esters is 2. The van der Waals surface area contributed by atoms with Crippen LogP contribution in [-0.4, -0.2) is 69.6 Å². The zero-order valence-electron chi connectivity index (χ0n) is 33.0. The standard InChI is InChI=1S/C40H80NO7P/c1-6-8-10-12-14-16-18-20-22-24-26-28-30-32-39(42)46-36-38(37-47-49(44,45)35-34-41(3,4)5)48-40(43)33-31-29-27-25-23-21-19-17-15-13-11-9-7-2/h38H,6-37H2,1-5H3/t38-/m1/s1. The predicted molar refractivity (Wildman–Crippen MR) is 203 cm³/mol. The largest absolute Gasteiger partial charge is 0.778 e. The number of hydrogen-bond donors (Lipinski definition) is 0. The minimum Gasteiger partial charge on any atom is -0.778 e. The highest BCUT2D eigenvalue weighted by Gasteiger charge is 2.22. The van der Waals surface area contributed by atoms with E-state index in [4.69, 9.17) is 14.0 Å². The molecule has 0 aliphatic heterocycles. The fourth-order valence-electron chi connectivity index (χ4n) is 5.88. The van der Waals surface area contributed by atoms with Gasteiger partial charge in [-0.1, -0.05) is 168 Å². The molecule has 0 spiro atoms. The number of hydrogen-bond acceptors (Lipinski definition) is 7. The molecule has 0 aromatic rings. The Hall–Kier alpha value is -0.950. The molecule has 0 aromatic heterocycles. The molecule has 1 unspecified atom stereocenters. The van der Waals surface area contributed by atoms with Crippen LogP contribution in [0.15, 0.2) is 0 Å². The van der Waals surface area contributed by atoms with Crippen molar-refractivity contribution >= 4 is 19.5 Å². The van der Waals surface area contributed by atoms with E-state index in [1.165, 1.54) is 128 Å². The molecule has 0 aliphatic carbocycles. The summed E-state index contributed by atoms with van der Waals surface area (Å²) >= 11 is 0. The first kappa shape index (κ1) is 48.0. The lowest BCUT2D eigenvalue weighted by atomic mass is 10.0. The maximum atomic E-state index is 12.6. The molecule has 0 saturated carbocycles. The van der Waals surface area contributed by atoms with Gasteiger partial charge in [-0.25, -0.2) is 0 Å². The average molecular weight is 718 g/mol. The van der Waals surface area contributed by atoms with Gasteiger partial charge < -0.3 is 27.9 Å². The second kappa shape index (κ2) is 32.9. The fraction of sp³-hybridized carbons (Fsp3) is 0.950. The number of ether oxygens (including phenoxy) is 2. The number of quaternary nitrogens is 1. The highest BCUT2D eigenvalue weighted by molar-refractivity contribution is 7.51. The summed E-state index contributed by atoms with van der Waals surface area (Å²) < 4.78 is 29.2. The van der Waals surface area contributed by atoms with Gasteiger partial charge in [-0.05, 0) is 12.8 Å². The van der Waals surface area contributed by atoms with Gasteiger partial charge in [0, 0.05) is 12.8 Å². The SMILES string of the molecule is CCCCCCCCCCCCCCCC(=O)OC[C@H](COP(=O)([O-])CC[N+](C)(C)C)OC(=O)CCCCCCCCCCCCCCC. The first-order valence-corrected chi connectivity index (χ1v) is 22.3. The van der Waals surface area contributed by atoms with Crippen molar-refractivity contribution in [3.05, 3.63) is 0 Å². The Balaban J connectivity index is 4.33. The second-order valence-electron chi connectivity index (χ2n) is 15.4. The summed E-state index contributed by atoms with van der Waals surface area (Å²) in [5, 5.41) is 0. The number of unbranched alkanes of at least 4 members (excludes halogenated alkanes) is 24. The monoisotopic (exact) mass is 718 g/mol. The lowest BCUT2D eigenvalue weighted by Gasteiger charge is -2.30. The first-order valence-electron chi connectivity index (χ1n) is 20.6. The van der Waals surface area contributed by atoms with Gasteiger partial charge in [0.25, 0.3) is 0 Å². The van der Waals surface area contributed by atoms with Crippen molar-refractivity contribution in [2.75, 3.05) is 47.1 Å². The van der Waals surface area contributed by atoms with E-state index >= 15 is 0 Å². The van der Waals surface area contributed by atoms with E-state index in [9.17, 15) is 19.0 Å². The van der Waals surface area contributed by atoms with Crippen LogP contribution in [0.2, 0.25) is 0 Å². The van der Waals surface area contributed by atoms with Crippen LogP contribution in [0.5, 0.6) is 0 Å². The number of carbonyl (C=O) groups excluding carboxylic acids is 2. The molecule has 0 aliphatic rings. The fourth-order valence-corrected chi connectivity index (χ4v) is 7.24. The van der Waals surface area contributed by atoms with Crippen LogP contribution < -0.4 is 4.89 Å². The Labute approximate surface area is 303 Å². The van der Waals surface area contributed by atoms with E-state index in [2.05, 4.69) is 13.8 Å². The van der Waals surface area contributed by atoms with E-state index in [0.29, 0.717) is 17.4 Å². The number of carbonyl (C=O) groups is 2. The normalized spacial score (nSPS) is 13.7. The van der Waals surface area contributed by atoms with E-state index in [-0.39, 0.29) is 31.8 Å². The summed E-state index contributed by atoms with van der Waals surface area (Å²) in [4.78, 5) is 37.6. The molecule has 0 amide bonds. The smallest absolute Gasteiger partial charge is 0.306 e. The van der Waals surface area contributed by atoms with Crippen molar-refractivity contribution in [1.82, 2.24) is 0 Å². The molecule has 0 aromatic carbocycles. The summed E-state index contributed by atoms with van der Waals surface area (Å²) in [5.74, 6) is -0.757. The average Bonchev–Trinajstić information content (AvgIpc) is 3.05. The molecule has 2 atom stereocenters. The van der Waals surface area contributed by atoms with Gasteiger partial charge in [0.15, 0.2) is 6.10 Å². The zero-order valence-corrected chi connectivity index (χ0v) is 33.9. The third-order valence-corrected chi connectivity index (χ3v) is 10.5. The van der Waals surface area contributed by atoms with Crippen LogP contribution in [0, 0.1) is 0 Å². The van der Waals surface area contributed by atoms with Gasteiger partial charge in [0.05, 0.1) is 40.5 Å². The Bertz CT molecular complexity index is 817. The van der Waals surface area contributed by atoms with Crippen LogP contribution in [0.3, 0.4) is 0 Å². The summed E-state index contributed by atoms with van der Waals surface area (Å²) in [7, 11) is 1.62. The zero-order chi connectivity index (χ0) is 36.5. The van der Waals surface area contributed by atoms with Crippen LogP contribution >= 0.6 is 7.60 Å². The molecule has 0 heterocycles. The molecule has 49 heavy (non-hydrogen) atoms. The Morgan fingerprint density at radius 3 is 1.27 bits per heavy atom. The lowest BCUT2D eigenvalue weighted by molar-refractivity contribution is -0.868. The van der Waals surface area contributed by atoms with Crippen molar-refractivity contribution in [3.8, 4) is 0 Å². The van der Waals surface area contributed by atoms with Gasteiger partial charge in [-0.3, -0.25) is 9.59 Å². The van der Waals surface area contributed by atoms with E-state index < -0.39 is 19.7 Å². The molecule has 9 heteroatoms. The van der Waals surface area contributed by atoms with E-state index in [0.717, 1.165) is 38.5 Å². The Morgan fingerprint density at radius 2 is 0.898 bits per heavy atom. The van der Waals surface area contributed by atoms with Crippen molar-refractivity contribution in [2.24, 2.45) is 0 Å². The van der Waals surface area contributed by atoms with Gasteiger partial charge in [0.2, 0.25) is 0 Å². The Morgan fingerprint density at radius 1 is 0.551 bits per heavy atom. The van der Waals surface area contributed by atoms with Crippen molar-refractivity contribution in [1.29, 1.82) is 0 Å². The maximum absolute atomic E-state index is 12.6. The second-order valence-corrected chi connectivity index (χ2v) is 17.4. The predicted octanol–water partition coefficient (Wildman–Crippen LogP) is 10.7. The van der Waals surface area contributed by atoms with Crippen molar-refractivity contribution < 1.29 is 37.5 Å². The quantitative estimate of drug-likeness (QED) is 0.0273. The highest BCUT2D eigenvalue weighted by atomic mass is 31.2. The van der Waals surface area contributed by atoms with Gasteiger partial charge in [-0.15, -0.1) is 0 Å². The van der Waals surface area contributed by atoms with Crippen molar-refractivity contribution in [2.45, 2.75) is 200 Å². The summed E-state index contributed by atoms with van der Waals surface area (Å²) in [6.07, 6.45) is 31.4. The molecular formula is C40H80NO7P. The van der Waals surface area contributed by atoms with Crippen LogP contribution in [-0.2, 0) is 28.2 Å². The third kappa shape index (κ3) is 36.6. The van der Waals surface area contributed by atoms with E-state index in [1.807, 2.05) is 21.1 Å². The number of nitrogens with zero attached hydrogens (tertiary/aromatic N) is 1.